The van der Waals surface area contributed by atoms with Crippen molar-refractivity contribution in [2.24, 2.45) is 0 Å². The van der Waals surface area contributed by atoms with Gasteiger partial charge in [0.1, 0.15) is 0 Å². The summed E-state index contributed by atoms with van der Waals surface area (Å²) in [4.78, 5) is 0. The molecule has 0 aliphatic rings. The van der Waals surface area contributed by atoms with E-state index in [1.165, 1.54) is 30.4 Å². The Hall–Kier alpha value is -1.30. The fraction of sp³-hybridized carbons (Fsp3) is 0.333. The van der Waals surface area contributed by atoms with Gasteiger partial charge in [0.05, 0.1) is 0 Å². The number of rotatable bonds is 6. The summed E-state index contributed by atoms with van der Waals surface area (Å²) in [5.74, 6) is 0. The molecule has 0 N–H and O–H groups in total. The fourth-order valence-electron chi connectivity index (χ4n) is 1.61. The topological polar surface area (TPSA) is 0 Å². The van der Waals surface area contributed by atoms with Crippen LogP contribution in [0.3, 0.4) is 0 Å². The second-order valence-corrected chi connectivity index (χ2v) is 3.81. The lowest BCUT2D eigenvalue weighted by molar-refractivity contribution is 0.779. The number of unbranched alkanes of at least 4 members (excludes halogenated alkanes) is 1. The first-order chi connectivity index (χ1) is 7.36. The van der Waals surface area contributed by atoms with Crippen LogP contribution in [0.4, 0.5) is 0 Å². The molecular formula is C15H20. The maximum atomic E-state index is 3.81. The van der Waals surface area contributed by atoms with E-state index in [-0.39, 0.29) is 0 Å². The standard InChI is InChI=1S/C15H20/c1-3-5-10-14(9-4-2)13-15-11-7-6-8-12-15/h4,6-8,11-13H,2-3,5,9-10H2,1H3. The maximum Gasteiger partial charge on any atom is -0.0138 e. The van der Waals surface area contributed by atoms with Crippen LogP contribution in [0.5, 0.6) is 0 Å². The van der Waals surface area contributed by atoms with Gasteiger partial charge in [0, 0.05) is 0 Å². The zero-order chi connectivity index (χ0) is 10.9. The van der Waals surface area contributed by atoms with Crippen LogP contribution in [-0.2, 0) is 0 Å². The van der Waals surface area contributed by atoms with Crippen molar-refractivity contribution in [3.8, 4) is 0 Å². The molecule has 0 radical (unpaired) electrons. The van der Waals surface area contributed by atoms with Gasteiger partial charge in [-0.15, -0.1) is 6.58 Å². The molecule has 0 amide bonds. The van der Waals surface area contributed by atoms with Gasteiger partial charge in [0.15, 0.2) is 0 Å². The molecule has 0 heterocycles. The third kappa shape index (κ3) is 4.64. The second kappa shape index (κ2) is 7.05. The molecule has 1 rings (SSSR count). The van der Waals surface area contributed by atoms with Crippen LogP contribution < -0.4 is 0 Å². The fourth-order valence-corrected chi connectivity index (χ4v) is 1.61. The lowest BCUT2D eigenvalue weighted by atomic mass is 10.0. The molecule has 0 saturated heterocycles. The minimum absolute atomic E-state index is 1.01. The van der Waals surface area contributed by atoms with E-state index >= 15 is 0 Å². The van der Waals surface area contributed by atoms with Gasteiger partial charge < -0.3 is 0 Å². The summed E-state index contributed by atoms with van der Waals surface area (Å²) in [7, 11) is 0. The second-order valence-electron chi connectivity index (χ2n) is 3.81. The summed E-state index contributed by atoms with van der Waals surface area (Å²) in [6, 6.07) is 10.5. The van der Waals surface area contributed by atoms with E-state index in [4.69, 9.17) is 0 Å². The van der Waals surface area contributed by atoms with Gasteiger partial charge in [-0.1, -0.05) is 61.4 Å². The molecule has 0 fully saturated rings. The highest BCUT2D eigenvalue weighted by Gasteiger charge is 1.95. The zero-order valence-electron chi connectivity index (χ0n) is 9.58. The smallest absolute Gasteiger partial charge is 0.0138 e. The first kappa shape index (κ1) is 11.8. The Morgan fingerprint density at radius 2 is 2.00 bits per heavy atom. The highest BCUT2D eigenvalue weighted by atomic mass is 14.0. The lowest BCUT2D eigenvalue weighted by Gasteiger charge is -2.04. The van der Waals surface area contributed by atoms with Gasteiger partial charge in [-0.05, 0) is 24.8 Å². The predicted molar refractivity (Wildman–Crippen MR) is 68.8 cm³/mol. The lowest BCUT2D eigenvalue weighted by Crippen LogP contribution is -1.83. The highest BCUT2D eigenvalue weighted by Crippen LogP contribution is 2.16. The van der Waals surface area contributed by atoms with Gasteiger partial charge >= 0.3 is 0 Å². The molecule has 0 unspecified atom stereocenters. The van der Waals surface area contributed by atoms with E-state index in [2.05, 4.69) is 49.9 Å². The van der Waals surface area contributed by atoms with Crippen molar-refractivity contribution < 1.29 is 0 Å². The predicted octanol–water partition coefficient (Wildman–Crippen LogP) is 4.84. The normalized spacial score (nSPS) is 11.4. The van der Waals surface area contributed by atoms with E-state index in [1.54, 1.807) is 0 Å². The molecule has 1 aromatic rings. The minimum atomic E-state index is 1.01. The maximum absolute atomic E-state index is 3.81. The largest absolute Gasteiger partial charge is 0.103 e. The summed E-state index contributed by atoms with van der Waals surface area (Å²) in [6.45, 7) is 6.04. The summed E-state index contributed by atoms with van der Waals surface area (Å²) in [5, 5.41) is 0. The molecule has 15 heavy (non-hydrogen) atoms. The van der Waals surface area contributed by atoms with Crippen molar-refractivity contribution in [1.29, 1.82) is 0 Å². The number of benzene rings is 1. The first-order valence-electron chi connectivity index (χ1n) is 5.72. The molecular weight excluding hydrogens is 180 g/mol. The van der Waals surface area contributed by atoms with E-state index in [1.807, 2.05) is 6.08 Å². The first-order valence-corrected chi connectivity index (χ1v) is 5.72. The molecule has 0 saturated carbocycles. The Balaban J connectivity index is 2.69. The average Bonchev–Trinajstić information content (AvgIpc) is 2.28. The van der Waals surface area contributed by atoms with Crippen LogP contribution in [0, 0.1) is 0 Å². The molecule has 0 aliphatic carbocycles. The Labute approximate surface area is 93.3 Å². The molecule has 0 aliphatic heterocycles. The monoisotopic (exact) mass is 200 g/mol. The number of hydrogen-bond acceptors (Lipinski definition) is 0. The van der Waals surface area contributed by atoms with Gasteiger partial charge in [0.25, 0.3) is 0 Å². The molecule has 0 nitrogen and oxygen atoms in total. The van der Waals surface area contributed by atoms with Gasteiger partial charge in [0.2, 0.25) is 0 Å². The van der Waals surface area contributed by atoms with Crippen LogP contribution >= 0.6 is 0 Å². The molecule has 0 heteroatoms. The van der Waals surface area contributed by atoms with Crippen LogP contribution in [0.25, 0.3) is 6.08 Å². The molecule has 0 spiro atoms. The van der Waals surface area contributed by atoms with E-state index in [9.17, 15) is 0 Å². The number of allylic oxidation sites excluding steroid dienone is 2. The molecule has 0 aromatic heterocycles. The van der Waals surface area contributed by atoms with Crippen LogP contribution in [-0.4, -0.2) is 0 Å². The molecule has 80 valence electrons. The minimum Gasteiger partial charge on any atom is -0.103 e. The van der Waals surface area contributed by atoms with Gasteiger partial charge in [-0.2, -0.15) is 0 Å². The number of hydrogen-bond donors (Lipinski definition) is 0. The van der Waals surface area contributed by atoms with Crippen molar-refractivity contribution >= 4 is 6.08 Å². The third-order valence-electron chi connectivity index (χ3n) is 2.43. The van der Waals surface area contributed by atoms with Crippen LogP contribution in [0.2, 0.25) is 0 Å². The van der Waals surface area contributed by atoms with Crippen molar-refractivity contribution in [2.45, 2.75) is 32.6 Å². The quantitative estimate of drug-likeness (QED) is 0.577. The molecule has 1 aromatic carbocycles. The Kier molecular flexibility index (Phi) is 5.54. The zero-order valence-corrected chi connectivity index (χ0v) is 9.58. The highest BCUT2D eigenvalue weighted by molar-refractivity contribution is 5.52. The molecule has 0 bridgehead atoms. The Morgan fingerprint density at radius 3 is 2.60 bits per heavy atom. The van der Waals surface area contributed by atoms with Crippen molar-refractivity contribution in [2.75, 3.05) is 0 Å². The Bertz CT molecular complexity index is 306. The van der Waals surface area contributed by atoms with Crippen LogP contribution in [0.15, 0.2) is 48.6 Å². The van der Waals surface area contributed by atoms with E-state index in [0.717, 1.165) is 6.42 Å². The van der Waals surface area contributed by atoms with Gasteiger partial charge in [-0.25, -0.2) is 0 Å². The Morgan fingerprint density at radius 1 is 1.27 bits per heavy atom. The van der Waals surface area contributed by atoms with E-state index < -0.39 is 0 Å². The van der Waals surface area contributed by atoms with Crippen molar-refractivity contribution in [3.63, 3.8) is 0 Å². The van der Waals surface area contributed by atoms with E-state index in [0.29, 0.717) is 0 Å². The van der Waals surface area contributed by atoms with Crippen LogP contribution in [0.1, 0.15) is 38.2 Å². The summed E-state index contributed by atoms with van der Waals surface area (Å²) in [5.41, 5.74) is 2.78. The van der Waals surface area contributed by atoms with Crippen molar-refractivity contribution in [3.05, 3.63) is 54.1 Å². The summed E-state index contributed by atoms with van der Waals surface area (Å²) < 4.78 is 0. The third-order valence-corrected chi connectivity index (χ3v) is 2.43. The SMILES string of the molecule is C=CCC(=Cc1ccccc1)CCCC. The van der Waals surface area contributed by atoms with Gasteiger partial charge in [-0.3, -0.25) is 0 Å². The average molecular weight is 200 g/mol. The molecule has 0 atom stereocenters. The summed E-state index contributed by atoms with van der Waals surface area (Å²) >= 11 is 0. The van der Waals surface area contributed by atoms with Crippen molar-refractivity contribution in [1.82, 2.24) is 0 Å². The summed E-state index contributed by atoms with van der Waals surface area (Å²) in [6.07, 6.45) is 9.00.